The lowest BCUT2D eigenvalue weighted by Gasteiger charge is -2.18. The topological polar surface area (TPSA) is 12.0 Å². The Morgan fingerprint density at radius 2 is 2.11 bits per heavy atom. The molecule has 0 bridgehead atoms. The quantitative estimate of drug-likeness (QED) is 0.824. The molecule has 1 heterocycles. The number of hydrogen-bond acceptors (Lipinski definition) is 2. The van der Waals surface area contributed by atoms with Gasteiger partial charge in [-0.05, 0) is 44.2 Å². The summed E-state index contributed by atoms with van der Waals surface area (Å²) in [5, 5.41) is 3.83. The third-order valence-corrected chi connectivity index (χ3v) is 4.22. The van der Waals surface area contributed by atoms with Gasteiger partial charge in [-0.2, -0.15) is 0 Å². The van der Waals surface area contributed by atoms with E-state index in [4.69, 9.17) is 11.6 Å². The van der Waals surface area contributed by atoms with E-state index in [-0.39, 0.29) is 11.9 Å². The molecule has 4 heteroatoms. The predicted octanol–water partition coefficient (Wildman–Crippen LogP) is 4.94. The molecule has 0 saturated heterocycles. The number of hydrogen-bond donors (Lipinski definition) is 1. The van der Waals surface area contributed by atoms with Crippen LogP contribution in [0.25, 0.3) is 0 Å². The van der Waals surface area contributed by atoms with Gasteiger partial charge in [-0.15, -0.1) is 11.3 Å². The Bertz CT molecular complexity index is 553. The van der Waals surface area contributed by atoms with Crippen molar-refractivity contribution in [1.82, 2.24) is 5.32 Å². The summed E-state index contributed by atoms with van der Waals surface area (Å²) in [6.45, 7) is 5.01. The van der Waals surface area contributed by atoms with Crippen LogP contribution in [0.2, 0.25) is 5.02 Å². The Morgan fingerprint density at radius 3 is 2.68 bits per heavy atom. The monoisotopic (exact) mass is 297 g/mol. The molecule has 0 spiro atoms. The molecule has 0 fully saturated rings. The van der Waals surface area contributed by atoms with Crippen molar-refractivity contribution < 1.29 is 4.39 Å². The zero-order chi connectivity index (χ0) is 13.8. The molecule has 0 aliphatic heterocycles. The molecule has 2 rings (SSSR count). The van der Waals surface area contributed by atoms with Crippen LogP contribution in [0, 0.1) is 12.7 Å². The van der Waals surface area contributed by atoms with Gasteiger partial charge in [0.25, 0.3) is 0 Å². The molecule has 102 valence electrons. The summed E-state index contributed by atoms with van der Waals surface area (Å²) >= 11 is 7.51. The maximum atomic E-state index is 14.1. The molecule has 1 atom stereocenters. The van der Waals surface area contributed by atoms with Crippen molar-refractivity contribution in [1.29, 1.82) is 0 Å². The van der Waals surface area contributed by atoms with Crippen molar-refractivity contribution >= 4 is 22.9 Å². The van der Waals surface area contributed by atoms with Crippen LogP contribution in [0.1, 0.15) is 34.7 Å². The highest BCUT2D eigenvalue weighted by molar-refractivity contribution is 7.12. The first-order chi connectivity index (χ1) is 9.11. The number of aryl methyl sites for hydroxylation is 1. The van der Waals surface area contributed by atoms with Crippen LogP contribution in [-0.2, 0) is 0 Å². The van der Waals surface area contributed by atoms with Crippen LogP contribution in [0.15, 0.2) is 30.3 Å². The Hall–Kier alpha value is -0.900. The molecule has 0 saturated carbocycles. The van der Waals surface area contributed by atoms with Gasteiger partial charge in [0.05, 0.1) is 6.04 Å². The molecule has 2 aromatic rings. The van der Waals surface area contributed by atoms with Gasteiger partial charge in [0.15, 0.2) is 0 Å². The molecular formula is C15H17ClFNS. The van der Waals surface area contributed by atoms with Crippen molar-refractivity contribution in [2.24, 2.45) is 0 Å². The average molecular weight is 298 g/mol. The van der Waals surface area contributed by atoms with E-state index >= 15 is 0 Å². The minimum Gasteiger partial charge on any atom is -0.306 e. The molecule has 0 radical (unpaired) electrons. The maximum Gasteiger partial charge on any atom is 0.129 e. The minimum atomic E-state index is -0.257. The Labute approximate surface area is 122 Å². The lowest BCUT2D eigenvalue weighted by Crippen LogP contribution is -2.23. The van der Waals surface area contributed by atoms with Crippen LogP contribution < -0.4 is 5.32 Å². The lowest BCUT2D eigenvalue weighted by molar-refractivity contribution is 0.551. The largest absolute Gasteiger partial charge is 0.306 e. The second-order valence-corrected chi connectivity index (χ2v) is 6.26. The van der Waals surface area contributed by atoms with Gasteiger partial charge in [-0.3, -0.25) is 0 Å². The van der Waals surface area contributed by atoms with E-state index < -0.39 is 0 Å². The lowest BCUT2D eigenvalue weighted by atomic mass is 10.0. The highest BCUT2D eigenvalue weighted by Crippen LogP contribution is 2.30. The molecule has 1 N–H and O–H groups in total. The summed E-state index contributed by atoms with van der Waals surface area (Å²) < 4.78 is 14.1. The van der Waals surface area contributed by atoms with Crippen molar-refractivity contribution in [2.75, 3.05) is 6.54 Å². The summed E-state index contributed by atoms with van der Waals surface area (Å²) in [6.07, 6.45) is 1.01. The van der Waals surface area contributed by atoms with Crippen LogP contribution in [-0.4, -0.2) is 6.54 Å². The van der Waals surface area contributed by atoms with Crippen molar-refractivity contribution in [3.63, 3.8) is 0 Å². The Kier molecular flexibility index (Phi) is 4.97. The van der Waals surface area contributed by atoms with Gasteiger partial charge < -0.3 is 5.32 Å². The van der Waals surface area contributed by atoms with E-state index in [1.165, 1.54) is 10.9 Å². The molecule has 0 aliphatic rings. The zero-order valence-corrected chi connectivity index (χ0v) is 12.6. The van der Waals surface area contributed by atoms with E-state index in [0.29, 0.717) is 10.6 Å². The highest BCUT2D eigenvalue weighted by Gasteiger charge is 2.18. The molecule has 1 aromatic heterocycles. The van der Waals surface area contributed by atoms with Gasteiger partial charge in [0, 0.05) is 20.3 Å². The molecule has 0 amide bonds. The number of rotatable bonds is 5. The van der Waals surface area contributed by atoms with E-state index in [0.717, 1.165) is 17.8 Å². The van der Waals surface area contributed by atoms with Gasteiger partial charge in [-0.25, -0.2) is 4.39 Å². The van der Waals surface area contributed by atoms with E-state index in [9.17, 15) is 4.39 Å². The van der Waals surface area contributed by atoms with Crippen molar-refractivity contribution in [3.8, 4) is 0 Å². The zero-order valence-electron chi connectivity index (χ0n) is 11.0. The molecule has 0 aliphatic carbocycles. The second kappa shape index (κ2) is 6.51. The molecule has 1 unspecified atom stereocenters. The van der Waals surface area contributed by atoms with E-state index in [2.05, 4.69) is 31.3 Å². The van der Waals surface area contributed by atoms with Crippen LogP contribution in [0.4, 0.5) is 4.39 Å². The van der Waals surface area contributed by atoms with Crippen molar-refractivity contribution in [3.05, 3.63) is 56.5 Å². The average Bonchev–Trinajstić information content (AvgIpc) is 2.78. The third kappa shape index (κ3) is 3.56. The summed E-state index contributed by atoms with van der Waals surface area (Å²) in [7, 11) is 0. The first kappa shape index (κ1) is 14.5. The summed E-state index contributed by atoms with van der Waals surface area (Å²) in [5.41, 5.74) is 0.653. The fourth-order valence-corrected chi connectivity index (χ4v) is 3.13. The molecule has 1 nitrogen and oxygen atoms in total. The fraction of sp³-hybridized carbons (Fsp3) is 0.333. The number of thiophene rings is 1. The number of nitrogens with one attached hydrogen (secondary N) is 1. The summed E-state index contributed by atoms with van der Waals surface area (Å²) in [5.74, 6) is -0.257. The van der Waals surface area contributed by atoms with Crippen molar-refractivity contribution in [2.45, 2.75) is 26.3 Å². The molecule has 1 aromatic carbocycles. The molecule has 19 heavy (non-hydrogen) atoms. The van der Waals surface area contributed by atoms with Crippen LogP contribution >= 0.6 is 22.9 Å². The highest BCUT2D eigenvalue weighted by atomic mass is 35.5. The third-order valence-electron chi connectivity index (χ3n) is 2.92. The minimum absolute atomic E-state index is 0.101. The van der Waals surface area contributed by atoms with Gasteiger partial charge >= 0.3 is 0 Å². The van der Waals surface area contributed by atoms with Gasteiger partial charge in [0.2, 0.25) is 0 Å². The Morgan fingerprint density at radius 1 is 1.32 bits per heavy atom. The first-order valence-corrected chi connectivity index (χ1v) is 7.56. The second-order valence-electron chi connectivity index (χ2n) is 4.50. The first-order valence-electron chi connectivity index (χ1n) is 6.36. The standard InChI is InChI=1S/C15H17ClFNS/c1-3-8-18-15(14-7-4-10(2)19-14)12-6-5-11(16)9-13(12)17/h4-7,9,15,18H,3,8H2,1-2H3. The van der Waals surface area contributed by atoms with E-state index in [1.807, 2.05) is 0 Å². The van der Waals surface area contributed by atoms with E-state index in [1.54, 1.807) is 23.5 Å². The van der Waals surface area contributed by atoms with Crippen LogP contribution in [0.3, 0.4) is 0 Å². The summed E-state index contributed by atoms with van der Waals surface area (Å²) in [6, 6.07) is 8.89. The fourth-order valence-electron chi connectivity index (χ4n) is 2.00. The smallest absolute Gasteiger partial charge is 0.129 e. The maximum absolute atomic E-state index is 14.1. The van der Waals surface area contributed by atoms with Gasteiger partial charge in [-0.1, -0.05) is 24.6 Å². The number of benzene rings is 1. The normalized spacial score (nSPS) is 12.6. The Balaban J connectivity index is 2.36. The van der Waals surface area contributed by atoms with Gasteiger partial charge in [0.1, 0.15) is 5.82 Å². The van der Waals surface area contributed by atoms with Crippen LogP contribution in [0.5, 0.6) is 0 Å². The number of halogens is 2. The summed E-state index contributed by atoms with van der Waals surface area (Å²) in [4.78, 5) is 2.36. The molecular weight excluding hydrogens is 281 g/mol. The SMILES string of the molecule is CCCNC(c1ccc(C)s1)c1ccc(Cl)cc1F. The predicted molar refractivity (Wildman–Crippen MR) is 80.6 cm³/mol.